The number of halogens is 4. The predicted molar refractivity (Wildman–Crippen MR) is 134 cm³/mol. The summed E-state index contributed by atoms with van der Waals surface area (Å²) in [6, 6.07) is 16.8. The predicted octanol–water partition coefficient (Wildman–Crippen LogP) is 5.79. The van der Waals surface area contributed by atoms with E-state index in [0.29, 0.717) is 28.2 Å². The lowest BCUT2D eigenvalue weighted by molar-refractivity contribution is 0.127. The highest BCUT2D eigenvalue weighted by molar-refractivity contribution is 6.38. The summed E-state index contributed by atoms with van der Waals surface area (Å²) in [5.41, 5.74) is 2.01. The van der Waals surface area contributed by atoms with E-state index in [1.165, 1.54) is 35.0 Å². The molecule has 2 aromatic carbocycles. The summed E-state index contributed by atoms with van der Waals surface area (Å²) >= 11 is 19.0. The van der Waals surface area contributed by atoms with Gasteiger partial charge in [0.1, 0.15) is 11.5 Å². The van der Waals surface area contributed by atoms with E-state index >= 15 is 0 Å². The van der Waals surface area contributed by atoms with E-state index in [1.807, 2.05) is 0 Å². The standard InChI is InChI=1S/C25H17Cl3FN3O3/c26-20-5-2-6-21(27)25(20)32-12-15(7-10-23(32)34)24(19-9-8-16(29)11-22(19)28)31-35-14-18-4-1-3-17(13-33)30-18/h1-12,33H,13-14H2. The first-order chi connectivity index (χ1) is 16.9. The summed E-state index contributed by atoms with van der Waals surface area (Å²) < 4.78 is 15.0. The minimum absolute atomic E-state index is 0.00780. The second-order valence-electron chi connectivity index (χ2n) is 7.31. The Morgan fingerprint density at radius 3 is 2.40 bits per heavy atom. The molecule has 0 unspecified atom stereocenters. The van der Waals surface area contributed by atoms with Crippen LogP contribution in [0, 0.1) is 5.82 Å². The Morgan fingerprint density at radius 2 is 1.69 bits per heavy atom. The zero-order valence-electron chi connectivity index (χ0n) is 18.0. The first-order valence-electron chi connectivity index (χ1n) is 10.3. The van der Waals surface area contributed by atoms with E-state index in [2.05, 4.69) is 10.1 Å². The quantitative estimate of drug-likeness (QED) is 0.241. The average Bonchev–Trinajstić information content (AvgIpc) is 2.84. The summed E-state index contributed by atoms with van der Waals surface area (Å²) in [5, 5.41) is 14.2. The molecule has 0 amide bonds. The molecule has 0 saturated heterocycles. The van der Waals surface area contributed by atoms with E-state index in [9.17, 15) is 14.3 Å². The number of benzene rings is 2. The van der Waals surface area contributed by atoms with Gasteiger partial charge in [0.2, 0.25) is 0 Å². The van der Waals surface area contributed by atoms with Crippen LogP contribution in [0.25, 0.3) is 5.69 Å². The molecule has 0 aliphatic heterocycles. The highest BCUT2D eigenvalue weighted by Crippen LogP contribution is 2.28. The first-order valence-corrected chi connectivity index (χ1v) is 11.4. The molecule has 10 heteroatoms. The molecule has 4 rings (SSSR count). The second kappa shape index (κ2) is 11.0. The van der Waals surface area contributed by atoms with Gasteiger partial charge in [0.25, 0.3) is 5.56 Å². The third-order valence-corrected chi connectivity index (χ3v) is 5.87. The molecule has 2 heterocycles. The molecular weight excluding hydrogens is 516 g/mol. The summed E-state index contributed by atoms with van der Waals surface area (Å²) in [6.45, 7) is -0.216. The lowest BCUT2D eigenvalue weighted by Crippen LogP contribution is -2.20. The lowest BCUT2D eigenvalue weighted by atomic mass is 10.0. The molecule has 0 bridgehead atoms. The molecule has 4 aromatic rings. The lowest BCUT2D eigenvalue weighted by Gasteiger charge is -2.14. The molecule has 2 aromatic heterocycles. The third kappa shape index (κ3) is 5.71. The van der Waals surface area contributed by atoms with Gasteiger partial charge in [0.15, 0.2) is 6.61 Å². The fraction of sp³-hybridized carbons (Fsp3) is 0.0800. The van der Waals surface area contributed by atoms with Crippen molar-refractivity contribution in [3.05, 3.63) is 127 Å². The van der Waals surface area contributed by atoms with Gasteiger partial charge in [-0.1, -0.05) is 52.1 Å². The van der Waals surface area contributed by atoms with Crippen molar-refractivity contribution in [2.24, 2.45) is 5.16 Å². The number of aliphatic hydroxyl groups excluding tert-OH is 1. The fourth-order valence-electron chi connectivity index (χ4n) is 3.32. The molecular formula is C25H17Cl3FN3O3. The number of aliphatic hydroxyl groups is 1. The molecule has 178 valence electrons. The van der Waals surface area contributed by atoms with Crippen LogP contribution in [0.4, 0.5) is 4.39 Å². The van der Waals surface area contributed by atoms with Gasteiger partial charge < -0.3 is 9.94 Å². The van der Waals surface area contributed by atoms with Gasteiger partial charge in [-0.2, -0.15) is 0 Å². The normalized spacial score (nSPS) is 11.5. The Labute approximate surface area is 214 Å². The average molecular weight is 533 g/mol. The highest BCUT2D eigenvalue weighted by atomic mass is 35.5. The molecule has 0 saturated carbocycles. The van der Waals surface area contributed by atoms with Crippen molar-refractivity contribution >= 4 is 40.5 Å². The molecule has 0 radical (unpaired) electrons. The Morgan fingerprint density at radius 1 is 0.971 bits per heavy atom. The van der Waals surface area contributed by atoms with Crippen LogP contribution in [0.15, 0.2) is 82.9 Å². The highest BCUT2D eigenvalue weighted by Gasteiger charge is 2.17. The van der Waals surface area contributed by atoms with Gasteiger partial charge in [-0.05, 0) is 48.5 Å². The maximum absolute atomic E-state index is 13.7. The number of rotatable bonds is 7. The van der Waals surface area contributed by atoms with Crippen molar-refractivity contribution in [2.75, 3.05) is 0 Å². The number of aromatic nitrogens is 2. The van der Waals surface area contributed by atoms with E-state index in [-0.39, 0.29) is 39.6 Å². The van der Waals surface area contributed by atoms with Crippen molar-refractivity contribution in [1.82, 2.24) is 9.55 Å². The van der Waals surface area contributed by atoms with Gasteiger partial charge in [-0.25, -0.2) is 4.39 Å². The van der Waals surface area contributed by atoms with E-state index in [0.717, 1.165) is 6.07 Å². The van der Waals surface area contributed by atoms with Gasteiger partial charge in [-0.3, -0.25) is 14.3 Å². The van der Waals surface area contributed by atoms with Crippen LogP contribution in [0.2, 0.25) is 15.1 Å². The molecule has 6 nitrogen and oxygen atoms in total. The number of para-hydroxylation sites is 1. The summed E-state index contributed by atoms with van der Waals surface area (Å²) in [4.78, 5) is 22.5. The molecule has 0 aliphatic carbocycles. The Hall–Kier alpha value is -3.23. The van der Waals surface area contributed by atoms with Gasteiger partial charge >= 0.3 is 0 Å². The van der Waals surface area contributed by atoms with Gasteiger partial charge in [-0.15, -0.1) is 0 Å². The van der Waals surface area contributed by atoms with Crippen molar-refractivity contribution in [3.8, 4) is 5.69 Å². The monoisotopic (exact) mass is 531 g/mol. The smallest absolute Gasteiger partial charge is 0.255 e. The third-order valence-electron chi connectivity index (χ3n) is 4.94. The first kappa shape index (κ1) is 24.9. The van der Waals surface area contributed by atoms with Crippen LogP contribution >= 0.6 is 34.8 Å². The zero-order valence-corrected chi connectivity index (χ0v) is 20.2. The summed E-state index contributed by atoms with van der Waals surface area (Å²) in [7, 11) is 0. The fourth-order valence-corrected chi connectivity index (χ4v) is 4.16. The molecule has 0 spiro atoms. The number of hydrogen-bond acceptors (Lipinski definition) is 5. The van der Waals surface area contributed by atoms with Crippen LogP contribution < -0.4 is 5.56 Å². The van der Waals surface area contributed by atoms with Crippen molar-refractivity contribution in [1.29, 1.82) is 0 Å². The number of pyridine rings is 2. The van der Waals surface area contributed by atoms with Crippen LogP contribution in [0.3, 0.4) is 0 Å². The minimum atomic E-state index is -0.517. The van der Waals surface area contributed by atoms with Crippen molar-refractivity contribution < 1.29 is 14.3 Å². The molecule has 1 N–H and O–H groups in total. The molecule has 0 fully saturated rings. The van der Waals surface area contributed by atoms with E-state index in [4.69, 9.17) is 39.6 Å². The van der Waals surface area contributed by atoms with E-state index < -0.39 is 5.82 Å². The molecule has 0 atom stereocenters. The Kier molecular flexibility index (Phi) is 7.83. The van der Waals surface area contributed by atoms with Crippen LogP contribution in [-0.2, 0) is 18.1 Å². The number of oxime groups is 1. The van der Waals surface area contributed by atoms with Crippen LogP contribution in [0.1, 0.15) is 22.5 Å². The SMILES string of the molecule is O=c1ccc(C(=NOCc2cccc(CO)n2)c2ccc(F)cc2Cl)cn1-c1c(Cl)cccc1Cl. The topological polar surface area (TPSA) is 76.7 Å². The summed E-state index contributed by atoms with van der Waals surface area (Å²) in [5.74, 6) is -0.517. The maximum Gasteiger partial charge on any atom is 0.255 e. The Bertz CT molecular complexity index is 1450. The number of hydrogen-bond donors (Lipinski definition) is 1. The minimum Gasteiger partial charge on any atom is -0.390 e. The largest absolute Gasteiger partial charge is 0.390 e. The number of nitrogens with zero attached hydrogens (tertiary/aromatic N) is 3. The zero-order chi connectivity index (χ0) is 24.9. The van der Waals surface area contributed by atoms with Gasteiger partial charge in [0, 0.05) is 23.4 Å². The second-order valence-corrected chi connectivity index (χ2v) is 8.53. The van der Waals surface area contributed by atoms with Crippen LogP contribution in [0.5, 0.6) is 0 Å². The maximum atomic E-state index is 13.7. The Balaban J connectivity index is 1.79. The van der Waals surface area contributed by atoms with Crippen molar-refractivity contribution in [2.45, 2.75) is 13.2 Å². The molecule has 0 aliphatic rings. The van der Waals surface area contributed by atoms with E-state index in [1.54, 1.807) is 36.4 Å². The van der Waals surface area contributed by atoms with Crippen molar-refractivity contribution in [3.63, 3.8) is 0 Å². The van der Waals surface area contributed by atoms with Crippen LogP contribution in [-0.4, -0.2) is 20.4 Å². The van der Waals surface area contributed by atoms with Gasteiger partial charge in [0.05, 0.1) is 38.8 Å². The molecule has 35 heavy (non-hydrogen) atoms. The summed E-state index contributed by atoms with van der Waals surface area (Å²) in [6.07, 6.45) is 1.50.